The molecule has 3 atom stereocenters. The second kappa shape index (κ2) is 9.76. The number of imidazole rings is 1. The van der Waals surface area contributed by atoms with Crippen LogP contribution in [0.1, 0.15) is 38.1 Å². The smallest absolute Gasteiger partial charge is 0.407 e. The molecular formula is C21H24BrN5O3. The monoisotopic (exact) mass is 473 g/mol. The van der Waals surface area contributed by atoms with Crippen LogP contribution in [0.3, 0.4) is 0 Å². The Labute approximate surface area is 183 Å². The number of nitriles is 1. The third-order valence-corrected chi connectivity index (χ3v) is 5.71. The number of H-pyrrole nitrogens is 1. The quantitative estimate of drug-likeness (QED) is 0.662. The van der Waals surface area contributed by atoms with E-state index >= 15 is 0 Å². The topological polar surface area (TPSA) is 111 Å². The maximum absolute atomic E-state index is 13.2. The van der Waals surface area contributed by atoms with Gasteiger partial charge in [-0.3, -0.25) is 4.79 Å². The van der Waals surface area contributed by atoms with Crippen LogP contribution in [0, 0.1) is 17.2 Å². The highest BCUT2D eigenvalue weighted by molar-refractivity contribution is 9.10. The minimum absolute atomic E-state index is 0.230. The second-order valence-corrected chi connectivity index (χ2v) is 8.15. The molecular weight excluding hydrogens is 450 g/mol. The van der Waals surface area contributed by atoms with E-state index in [1.54, 1.807) is 11.1 Å². The van der Waals surface area contributed by atoms with Crippen molar-refractivity contribution in [3.8, 4) is 17.3 Å². The van der Waals surface area contributed by atoms with E-state index in [1.165, 1.54) is 7.11 Å². The van der Waals surface area contributed by atoms with Crippen LogP contribution in [0.4, 0.5) is 4.79 Å². The van der Waals surface area contributed by atoms with E-state index in [9.17, 15) is 14.9 Å². The lowest BCUT2D eigenvalue weighted by atomic mass is 10.1. The number of aromatic nitrogens is 2. The number of aromatic amines is 1. The lowest BCUT2D eigenvalue weighted by Gasteiger charge is -2.28. The summed E-state index contributed by atoms with van der Waals surface area (Å²) in [6, 6.07) is 9.03. The molecule has 0 bridgehead atoms. The van der Waals surface area contributed by atoms with Crippen molar-refractivity contribution in [1.29, 1.82) is 5.26 Å². The van der Waals surface area contributed by atoms with E-state index in [0.717, 1.165) is 22.2 Å². The Morgan fingerprint density at radius 2 is 2.17 bits per heavy atom. The molecule has 30 heavy (non-hydrogen) atoms. The van der Waals surface area contributed by atoms with E-state index in [2.05, 4.69) is 42.0 Å². The second-order valence-electron chi connectivity index (χ2n) is 7.23. The minimum atomic E-state index is -0.705. The maximum Gasteiger partial charge on any atom is 0.407 e. The Hall–Kier alpha value is -2.86. The first-order valence-corrected chi connectivity index (χ1v) is 10.6. The zero-order valence-corrected chi connectivity index (χ0v) is 18.5. The average Bonchev–Trinajstić information content (AvgIpc) is 3.40. The Morgan fingerprint density at radius 3 is 2.80 bits per heavy atom. The summed E-state index contributed by atoms with van der Waals surface area (Å²) >= 11 is 3.42. The fourth-order valence-electron chi connectivity index (χ4n) is 3.66. The highest BCUT2D eigenvalue weighted by Gasteiger charge is 2.40. The molecule has 0 radical (unpaired) electrons. The summed E-state index contributed by atoms with van der Waals surface area (Å²) in [4.78, 5) is 34.4. The fraction of sp³-hybridized carbons (Fsp3) is 0.429. The number of halogens is 1. The van der Waals surface area contributed by atoms with Crippen molar-refractivity contribution in [1.82, 2.24) is 20.2 Å². The zero-order chi connectivity index (χ0) is 21.7. The molecule has 158 valence electrons. The number of carbonyl (C=O) groups excluding carboxylic acids is 2. The number of benzene rings is 1. The molecule has 2 N–H and O–H groups in total. The van der Waals surface area contributed by atoms with Crippen LogP contribution in [-0.4, -0.2) is 46.6 Å². The average molecular weight is 474 g/mol. The third kappa shape index (κ3) is 4.82. The highest BCUT2D eigenvalue weighted by atomic mass is 79.9. The normalized spacial score (nSPS) is 19.2. The highest BCUT2D eigenvalue weighted by Crippen LogP contribution is 2.35. The first-order chi connectivity index (χ1) is 14.5. The van der Waals surface area contributed by atoms with Gasteiger partial charge in [-0.15, -0.1) is 0 Å². The molecule has 0 saturated carbocycles. The van der Waals surface area contributed by atoms with Gasteiger partial charge in [-0.2, -0.15) is 5.26 Å². The van der Waals surface area contributed by atoms with Gasteiger partial charge in [0.1, 0.15) is 11.9 Å². The molecule has 8 nitrogen and oxygen atoms in total. The summed E-state index contributed by atoms with van der Waals surface area (Å²) in [6.45, 7) is 2.24. The molecule has 2 aromatic rings. The number of methoxy groups -OCH3 is 1. The summed E-state index contributed by atoms with van der Waals surface area (Å²) in [6.07, 6.45) is 2.78. The molecule has 2 heterocycles. The van der Waals surface area contributed by atoms with Gasteiger partial charge in [-0.1, -0.05) is 41.4 Å². The predicted octanol–water partition coefficient (Wildman–Crippen LogP) is 3.78. The Balaban J connectivity index is 1.85. The summed E-state index contributed by atoms with van der Waals surface area (Å²) in [5, 5.41) is 12.1. The Kier molecular flexibility index (Phi) is 7.11. The van der Waals surface area contributed by atoms with E-state index in [1.807, 2.05) is 31.2 Å². The number of nitrogens with one attached hydrogen (secondary N) is 2. The predicted molar refractivity (Wildman–Crippen MR) is 114 cm³/mol. The van der Waals surface area contributed by atoms with Crippen molar-refractivity contribution in [2.75, 3.05) is 13.7 Å². The first-order valence-electron chi connectivity index (χ1n) is 9.82. The standard InChI is InChI=1S/C21H24BrN5O3/c1-3-4-16(26-21(29)30-2)20(28)27-12-13(10-23)9-18(27)19-24-11-17(25-19)14-5-7-15(22)8-6-14/h5-8,11,13,16,18H,3-4,9,12H2,1-2H3,(H,24,25)(H,26,29). The van der Waals surface area contributed by atoms with E-state index in [0.29, 0.717) is 25.2 Å². The summed E-state index contributed by atoms with van der Waals surface area (Å²) in [5.41, 5.74) is 1.81. The molecule has 1 fully saturated rings. The zero-order valence-electron chi connectivity index (χ0n) is 16.9. The van der Waals surface area contributed by atoms with Gasteiger partial charge in [0, 0.05) is 11.0 Å². The molecule has 1 saturated heterocycles. The SMILES string of the molecule is CCCC(NC(=O)OC)C(=O)N1CC(C#N)CC1c1ncc(-c2ccc(Br)cc2)[nH]1. The number of hydrogen-bond donors (Lipinski definition) is 2. The van der Waals surface area contributed by atoms with Crippen LogP contribution in [0.2, 0.25) is 0 Å². The summed E-state index contributed by atoms with van der Waals surface area (Å²) in [5.74, 6) is 0.111. The van der Waals surface area contributed by atoms with E-state index in [4.69, 9.17) is 0 Å². The van der Waals surface area contributed by atoms with E-state index in [-0.39, 0.29) is 17.9 Å². The number of likely N-dealkylation sites (tertiary alicyclic amines) is 1. The molecule has 1 aromatic carbocycles. The first kappa shape index (κ1) is 21.8. The molecule has 9 heteroatoms. The number of carbonyl (C=O) groups is 2. The van der Waals surface area contributed by atoms with Crippen molar-refractivity contribution < 1.29 is 14.3 Å². The molecule has 0 aliphatic carbocycles. The molecule has 0 spiro atoms. The molecule has 3 unspecified atom stereocenters. The summed E-state index contributed by atoms with van der Waals surface area (Å²) in [7, 11) is 1.26. The third-order valence-electron chi connectivity index (χ3n) is 5.19. The van der Waals surface area contributed by atoms with Gasteiger partial charge in [0.2, 0.25) is 5.91 Å². The molecule has 3 rings (SSSR count). The van der Waals surface area contributed by atoms with Crippen LogP contribution in [-0.2, 0) is 9.53 Å². The number of ether oxygens (including phenoxy) is 1. The van der Waals surface area contributed by atoms with Gasteiger partial charge < -0.3 is 19.9 Å². The van der Waals surface area contributed by atoms with Crippen LogP contribution in [0.25, 0.3) is 11.3 Å². The van der Waals surface area contributed by atoms with Crippen molar-refractivity contribution in [3.63, 3.8) is 0 Å². The van der Waals surface area contributed by atoms with Gasteiger partial charge in [-0.05, 0) is 30.5 Å². The largest absolute Gasteiger partial charge is 0.453 e. The Bertz CT molecular complexity index is 937. The van der Waals surface area contributed by atoms with Gasteiger partial charge >= 0.3 is 6.09 Å². The van der Waals surface area contributed by atoms with Crippen LogP contribution < -0.4 is 5.32 Å². The molecule has 2 amide bonds. The van der Waals surface area contributed by atoms with Crippen LogP contribution in [0.5, 0.6) is 0 Å². The number of alkyl carbamates (subject to hydrolysis) is 1. The van der Waals surface area contributed by atoms with Crippen molar-refractivity contribution in [2.45, 2.75) is 38.3 Å². The van der Waals surface area contributed by atoms with Crippen molar-refractivity contribution in [3.05, 3.63) is 40.8 Å². The Morgan fingerprint density at radius 1 is 1.43 bits per heavy atom. The van der Waals surface area contributed by atoms with Crippen molar-refractivity contribution >= 4 is 27.9 Å². The van der Waals surface area contributed by atoms with Gasteiger partial charge in [-0.25, -0.2) is 9.78 Å². The number of hydrogen-bond acceptors (Lipinski definition) is 5. The van der Waals surface area contributed by atoms with Gasteiger partial charge in [0.05, 0.1) is 37.0 Å². The number of rotatable bonds is 6. The van der Waals surface area contributed by atoms with Crippen LogP contribution >= 0.6 is 15.9 Å². The van der Waals surface area contributed by atoms with Crippen LogP contribution in [0.15, 0.2) is 34.9 Å². The molecule has 1 aliphatic rings. The van der Waals surface area contributed by atoms with Crippen molar-refractivity contribution in [2.24, 2.45) is 5.92 Å². The number of nitrogens with zero attached hydrogens (tertiary/aromatic N) is 3. The lowest BCUT2D eigenvalue weighted by molar-refractivity contribution is -0.134. The maximum atomic E-state index is 13.2. The van der Waals surface area contributed by atoms with Gasteiger partial charge in [0.25, 0.3) is 0 Å². The number of amides is 2. The van der Waals surface area contributed by atoms with E-state index < -0.39 is 12.1 Å². The van der Waals surface area contributed by atoms with Gasteiger partial charge in [0.15, 0.2) is 0 Å². The summed E-state index contributed by atoms with van der Waals surface area (Å²) < 4.78 is 5.64. The minimum Gasteiger partial charge on any atom is -0.453 e. The lowest BCUT2D eigenvalue weighted by Crippen LogP contribution is -2.48. The fourth-order valence-corrected chi connectivity index (χ4v) is 3.93. The molecule has 1 aliphatic heterocycles. The molecule has 1 aromatic heterocycles.